The first-order valence-corrected chi connectivity index (χ1v) is 14.0. The summed E-state index contributed by atoms with van der Waals surface area (Å²) in [6, 6.07) is 17.2. The number of benzene rings is 2. The van der Waals surface area contributed by atoms with Crippen LogP contribution in [-0.2, 0) is 17.8 Å². The number of anilines is 1. The maximum absolute atomic E-state index is 9.27. The Kier molecular flexibility index (Phi) is 7.40. The van der Waals surface area contributed by atoms with Gasteiger partial charge in [-0.2, -0.15) is 5.26 Å². The van der Waals surface area contributed by atoms with E-state index in [0.717, 1.165) is 70.9 Å². The highest BCUT2D eigenvalue weighted by atomic mass is 35.5. The molecule has 3 atom stereocenters. The molecule has 3 aliphatic rings. The maximum Gasteiger partial charge on any atom is 0.215 e. The molecule has 1 unspecified atom stereocenters. The number of likely N-dealkylation sites (N-methyl/N-ethyl adjacent to an activating group) is 1. The van der Waals surface area contributed by atoms with Gasteiger partial charge in [-0.25, -0.2) is 4.98 Å². The molecule has 1 aromatic heterocycles. The number of hydrogen-bond acceptors (Lipinski definition) is 7. The van der Waals surface area contributed by atoms with Crippen LogP contribution in [-0.4, -0.2) is 61.8 Å². The Morgan fingerprint density at radius 2 is 2.11 bits per heavy atom. The third-order valence-electron chi connectivity index (χ3n) is 8.23. The Bertz CT molecular complexity index is 1350. The minimum atomic E-state index is -0.142. The van der Waals surface area contributed by atoms with Gasteiger partial charge >= 0.3 is 0 Å². The van der Waals surface area contributed by atoms with Gasteiger partial charge in [-0.1, -0.05) is 41.9 Å². The third kappa shape index (κ3) is 5.06. The Morgan fingerprint density at radius 3 is 2.92 bits per heavy atom. The zero-order valence-electron chi connectivity index (χ0n) is 21.8. The lowest BCUT2D eigenvalue weighted by molar-refractivity contribution is 0.0269. The molecular formula is C30H34ClN5O2. The van der Waals surface area contributed by atoms with Crippen molar-refractivity contribution in [2.75, 3.05) is 44.7 Å². The Morgan fingerprint density at radius 1 is 1.24 bits per heavy atom. The number of nitriles is 1. The van der Waals surface area contributed by atoms with Gasteiger partial charge in [0.25, 0.3) is 0 Å². The van der Waals surface area contributed by atoms with Crippen molar-refractivity contribution >= 4 is 28.1 Å². The van der Waals surface area contributed by atoms with Gasteiger partial charge in [0.2, 0.25) is 5.88 Å². The van der Waals surface area contributed by atoms with Crippen molar-refractivity contribution in [3.63, 3.8) is 0 Å². The molecule has 0 amide bonds. The minimum Gasteiger partial charge on any atom is -0.476 e. The van der Waals surface area contributed by atoms with Gasteiger partial charge in [0.1, 0.15) is 6.61 Å². The summed E-state index contributed by atoms with van der Waals surface area (Å²) in [4.78, 5) is 9.78. The van der Waals surface area contributed by atoms with Crippen LogP contribution in [0, 0.1) is 11.3 Å². The van der Waals surface area contributed by atoms with Gasteiger partial charge in [-0.3, -0.25) is 0 Å². The highest BCUT2D eigenvalue weighted by Crippen LogP contribution is 2.40. The third-order valence-corrected chi connectivity index (χ3v) is 8.55. The average molecular weight is 532 g/mol. The lowest BCUT2D eigenvalue weighted by Gasteiger charge is -2.37. The van der Waals surface area contributed by atoms with Crippen LogP contribution >= 0.6 is 11.6 Å². The van der Waals surface area contributed by atoms with Gasteiger partial charge in [0, 0.05) is 65.9 Å². The van der Waals surface area contributed by atoms with E-state index in [4.69, 9.17) is 26.1 Å². The van der Waals surface area contributed by atoms with Gasteiger partial charge in [-0.15, -0.1) is 0 Å². The summed E-state index contributed by atoms with van der Waals surface area (Å²) in [5.41, 5.74) is 4.35. The van der Waals surface area contributed by atoms with Crippen LogP contribution < -0.4 is 15.0 Å². The summed E-state index contributed by atoms with van der Waals surface area (Å²) in [6.45, 7) is 4.71. The molecule has 38 heavy (non-hydrogen) atoms. The fourth-order valence-corrected chi connectivity index (χ4v) is 6.43. The van der Waals surface area contributed by atoms with Gasteiger partial charge in [0.15, 0.2) is 0 Å². The largest absolute Gasteiger partial charge is 0.476 e. The zero-order valence-corrected chi connectivity index (χ0v) is 22.6. The molecule has 7 nitrogen and oxygen atoms in total. The van der Waals surface area contributed by atoms with Crippen molar-refractivity contribution in [1.82, 2.24) is 15.2 Å². The summed E-state index contributed by atoms with van der Waals surface area (Å²) in [5.74, 6) is 0.672. The number of nitrogens with zero attached hydrogens (tertiary/aromatic N) is 4. The predicted octanol–water partition coefficient (Wildman–Crippen LogP) is 4.87. The first-order chi connectivity index (χ1) is 18.6. The standard InChI is InChI=1S/C30H34ClN5O2/c1-35-13-4-7-22(35)18-38-29-16-27(36-14-12-33-21(17-36)10-11-32)24-19-37-28(15-26(24)34-29)23-8-2-5-20-6-3-9-25(31)30(20)23/h2-3,5-6,8-9,16,21-22,28,33H,4,7,10,12-15,17-19H2,1H3/t21-,22-,28?/m0/s1. The van der Waals surface area contributed by atoms with E-state index >= 15 is 0 Å². The number of ether oxygens (including phenoxy) is 2. The van der Waals surface area contributed by atoms with Gasteiger partial charge in [0.05, 0.1) is 30.9 Å². The molecule has 2 aromatic carbocycles. The van der Waals surface area contributed by atoms with E-state index in [1.807, 2.05) is 12.1 Å². The van der Waals surface area contributed by atoms with Crippen molar-refractivity contribution in [3.05, 3.63) is 64.3 Å². The number of fused-ring (bicyclic) bond motifs is 2. The van der Waals surface area contributed by atoms with E-state index < -0.39 is 0 Å². The number of halogens is 1. The van der Waals surface area contributed by atoms with E-state index in [9.17, 15) is 5.26 Å². The molecule has 0 spiro atoms. The molecule has 4 heterocycles. The highest BCUT2D eigenvalue weighted by Gasteiger charge is 2.30. The first-order valence-electron chi connectivity index (χ1n) is 13.6. The number of likely N-dealkylation sites (tertiary alicyclic amines) is 1. The summed E-state index contributed by atoms with van der Waals surface area (Å²) < 4.78 is 12.9. The highest BCUT2D eigenvalue weighted by molar-refractivity contribution is 6.35. The predicted molar refractivity (Wildman–Crippen MR) is 150 cm³/mol. The van der Waals surface area contributed by atoms with Crippen molar-refractivity contribution in [3.8, 4) is 11.9 Å². The lowest BCUT2D eigenvalue weighted by Crippen LogP contribution is -2.51. The summed E-state index contributed by atoms with van der Waals surface area (Å²) >= 11 is 6.66. The number of piperazine rings is 1. The molecule has 198 valence electrons. The molecule has 6 rings (SSSR count). The fourth-order valence-electron chi connectivity index (χ4n) is 6.14. The number of pyridine rings is 1. The lowest BCUT2D eigenvalue weighted by atomic mass is 9.93. The molecular weight excluding hydrogens is 498 g/mol. The van der Waals surface area contributed by atoms with Crippen molar-refractivity contribution in [1.29, 1.82) is 5.26 Å². The SMILES string of the molecule is CN1CCC[C@H]1COc1cc(N2CCN[C@@H](CC#N)C2)c2c(n1)CC(c1cccc3cccc(Cl)c13)OC2. The summed E-state index contributed by atoms with van der Waals surface area (Å²) in [5, 5.41) is 15.6. The normalized spacial score (nSPS) is 23.8. The number of nitrogens with one attached hydrogen (secondary N) is 1. The van der Waals surface area contributed by atoms with Crippen LogP contribution in [0.1, 0.15) is 42.2 Å². The van der Waals surface area contributed by atoms with Crippen molar-refractivity contribution in [2.24, 2.45) is 0 Å². The minimum absolute atomic E-state index is 0.142. The average Bonchev–Trinajstić information content (AvgIpc) is 3.35. The monoisotopic (exact) mass is 531 g/mol. The number of hydrogen-bond donors (Lipinski definition) is 1. The van der Waals surface area contributed by atoms with Crippen LogP contribution in [0.2, 0.25) is 5.02 Å². The van der Waals surface area contributed by atoms with Crippen molar-refractivity contribution < 1.29 is 9.47 Å². The van der Waals surface area contributed by atoms with E-state index in [0.29, 0.717) is 38.0 Å². The molecule has 0 bridgehead atoms. The van der Waals surface area contributed by atoms with Gasteiger partial charge in [-0.05, 0) is 43.5 Å². The molecule has 0 aliphatic carbocycles. The second kappa shape index (κ2) is 11.1. The van der Waals surface area contributed by atoms with Crippen LogP contribution in [0.4, 0.5) is 5.69 Å². The Hall–Kier alpha value is -2.89. The first kappa shape index (κ1) is 25.4. The summed E-state index contributed by atoms with van der Waals surface area (Å²) in [6.07, 6.45) is 3.36. The van der Waals surface area contributed by atoms with E-state index in [-0.39, 0.29) is 12.1 Å². The number of rotatable bonds is 6. The molecule has 3 aliphatic heterocycles. The van der Waals surface area contributed by atoms with E-state index in [1.54, 1.807) is 0 Å². The topological polar surface area (TPSA) is 73.7 Å². The van der Waals surface area contributed by atoms with E-state index in [2.05, 4.69) is 58.6 Å². The molecule has 1 N–H and O–H groups in total. The van der Waals surface area contributed by atoms with Crippen LogP contribution in [0.15, 0.2) is 42.5 Å². The van der Waals surface area contributed by atoms with Crippen LogP contribution in [0.3, 0.4) is 0 Å². The molecule has 2 fully saturated rings. The quantitative estimate of drug-likeness (QED) is 0.486. The number of aromatic nitrogens is 1. The summed E-state index contributed by atoms with van der Waals surface area (Å²) in [7, 11) is 2.17. The molecule has 3 aromatic rings. The second-order valence-electron chi connectivity index (χ2n) is 10.6. The Labute approximate surface area is 229 Å². The maximum atomic E-state index is 9.27. The van der Waals surface area contributed by atoms with Crippen molar-refractivity contribution in [2.45, 2.75) is 50.5 Å². The molecule has 8 heteroatoms. The van der Waals surface area contributed by atoms with Crippen LogP contribution in [0.25, 0.3) is 10.8 Å². The molecule has 0 saturated carbocycles. The van der Waals surface area contributed by atoms with Crippen LogP contribution in [0.5, 0.6) is 5.88 Å². The zero-order chi connectivity index (χ0) is 26.1. The van der Waals surface area contributed by atoms with E-state index in [1.165, 1.54) is 6.42 Å². The fraction of sp³-hybridized carbons (Fsp3) is 0.467. The molecule has 0 radical (unpaired) electrons. The second-order valence-corrected chi connectivity index (χ2v) is 11.0. The molecule has 2 saturated heterocycles. The Balaban J connectivity index is 1.34. The van der Waals surface area contributed by atoms with Gasteiger partial charge < -0.3 is 24.6 Å². The smallest absolute Gasteiger partial charge is 0.215 e.